The molecule has 0 aliphatic carbocycles. The highest BCUT2D eigenvalue weighted by Crippen LogP contribution is 2.23. The minimum Gasteiger partial charge on any atom is -0.260 e. The van der Waals surface area contributed by atoms with Gasteiger partial charge in [-0.3, -0.25) is 9.19 Å². The number of hydrogen-bond donors (Lipinski definition) is 0. The molecule has 58 valence electrons. The van der Waals surface area contributed by atoms with E-state index in [-0.39, 0.29) is 0 Å². The Morgan fingerprint density at radius 3 is 3.18 bits per heavy atom. The Bertz CT molecular complexity index is 322. The van der Waals surface area contributed by atoms with Gasteiger partial charge in [0.25, 0.3) is 0 Å². The van der Waals surface area contributed by atoms with E-state index in [4.69, 9.17) is 0 Å². The predicted molar refractivity (Wildman–Crippen MR) is 44.0 cm³/mol. The number of fused-ring (bicyclic) bond motifs is 1. The highest BCUT2D eigenvalue weighted by atomic mass is 32.2. The predicted octanol–water partition coefficient (Wildman–Crippen LogP) is 1.05. The van der Waals surface area contributed by atoms with Gasteiger partial charge < -0.3 is 0 Å². The summed E-state index contributed by atoms with van der Waals surface area (Å²) in [5.74, 6) is 0.757. The van der Waals surface area contributed by atoms with Gasteiger partial charge in [0.05, 0.1) is 21.4 Å². The first-order valence-electron chi connectivity index (χ1n) is 3.62. The summed E-state index contributed by atoms with van der Waals surface area (Å²) in [5, 5.41) is 0. The molecule has 0 saturated carbocycles. The van der Waals surface area contributed by atoms with Crippen molar-refractivity contribution in [1.29, 1.82) is 0 Å². The van der Waals surface area contributed by atoms with Crippen LogP contribution in [0.4, 0.5) is 0 Å². The van der Waals surface area contributed by atoms with Crippen LogP contribution in [0.1, 0.15) is 11.3 Å². The van der Waals surface area contributed by atoms with Gasteiger partial charge in [0.1, 0.15) is 0 Å². The molecule has 1 unspecified atom stereocenters. The van der Waals surface area contributed by atoms with Crippen molar-refractivity contribution >= 4 is 10.8 Å². The van der Waals surface area contributed by atoms with Crippen LogP contribution in [-0.2, 0) is 17.2 Å². The van der Waals surface area contributed by atoms with Gasteiger partial charge in [0, 0.05) is 18.4 Å². The normalized spacial score (nSPS) is 21.7. The van der Waals surface area contributed by atoms with Gasteiger partial charge >= 0.3 is 0 Å². The molecule has 1 aromatic rings. The molecular weight excluding hydrogens is 158 g/mol. The highest BCUT2D eigenvalue weighted by molar-refractivity contribution is 7.85. The first-order chi connectivity index (χ1) is 5.29. The molecule has 0 amide bonds. The van der Waals surface area contributed by atoms with Crippen molar-refractivity contribution in [2.24, 2.45) is 0 Å². The average Bonchev–Trinajstić information content (AvgIpc) is 2.34. The zero-order valence-corrected chi connectivity index (χ0v) is 7.15. The second kappa shape index (κ2) is 2.41. The summed E-state index contributed by atoms with van der Waals surface area (Å²) >= 11 is 0. The van der Waals surface area contributed by atoms with E-state index in [0.717, 1.165) is 28.3 Å². The topological polar surface area (TPSA) is 30.0 Å². The van der Waals surface area contributed by atoms with Crippen LogP contribution in [0.2, 0.25) is 0 Å². The van der Waals surface area contributed by atoms with Crippen LogP contribution in [-0.4, -0.2) is 14.9 Å². The van der Waals surface area contributed by atoms with E-state index in [1.54, 1.807) is 6.20 Å². The number of aryl methyl sites for hydroxylation is 2. The molecule has 0 radical (unpaired) electrons. The minimum absolute atomic E-state index is 0.757. The fourth-order valence-corrected chi connectivity index (χ4v) is 2.81. The van der Waals surface area contributed by atoms with E-state index in [0.29, 0.717) is 0 Å². The van der Waals surface area contributed by atoms with Gasteiger partial charge in [-0.15, -0.1) is 0 Å². The van der Waals surface area contributed by atoms with Gasteiger partial charge in [-0.2, -0.15) is 0 Å². The summed E-state index contributed by atoms with van der Waals surface area (Å²) in [6.07, 6.45) is 2.67. The number of nitrogens with zero attached hydrogens (tertiary/aromatic N) is 1. The van der Waals surface area contributed by atoms with Crippen molar-refractivity contribution in [1.82, 2.24) is 4.98 Å². The largest absolute Gasteiger partial charge is 0.260 e. The quantitative estimate of drug-likeness (QED) is 0.578. The smallest absolute Gasteiger partial charge is 0.0633 e. The minimum atomic E-state index is -0.772. The third kappa shape index (κ3) is 0.997. The van der Waals surface area contributed by atoms with Crippen LogP contribution in [0.5, 0.6) is 0 Å². The van der Waals surface area contributed by atoms with Gasteiger partial charge in [0.2, 0.25) is 0 Å². The molecule has 2 heterocycles. The van der Waals surface area contributed by atoms with Crippen molar-refractivity contribution in [2.75, 3.05) is 5.75 Å². The van der Waals surface area contributed by atoms with Crippen molar-refractivity contribution < 1.29 is 4.21 Å². The Morgan fingerprint density at radius 2 is 2.45 bits per heavy atom. The summed E-state index contributed by atoms with van der Waals surface area (Å²) < 4.78 is 11.4. The lowest BCUT2D eigenvalue weighted by molar-refractivity contribution is 0.685. The molecule has 3 heteroatoms. The monoisotopic (exact) mass is 167 g/mol. The summed E-state index contributed by atoms with van der Waals surface area (Å²) in [7, 11) is -0.772. The van der Waals surface area contributed by atoms with Crippen molar-refractivity contribution in [3.8, 4) is 0 Å². The zero-order chi connectivity index (χ0) is 7.84. The van der Waals surface area contributed by atoms with Crippen LogP contribution in [0.3, 0.4) is 0 Å². The third-order valence-corrected chi connectivity index (χ3v) is 3.51. The highest BCUT2D eigenvalue weighted by Gasteiger charge is 2.20. The third-order valence-electron chi connectivity index (χ3n) is 1.93. The maximum atomic E-state index is 11.4. The molecule has 0 bridgehead atoms. The zero-order valence-electron chi connectivity index (χ0n) is 6.33. The lowest BCUT2D eigenvalue weighted by Gasteiger charge is -1.98. The van der Waals surface area contributed by atoms with Crippen molar-refractivity contribution in [3.63, 3.8) is 0 Å². The van der Waals surface area contributed by atoms with Gasteiger partial charge in [-0.1, -0.05) is 0 Å². The molecule has 11 heavy (non-hydrogen) atoms. The van der Waals surface area contributed by atoms with E-state index in [1.807, 2.05) is 13.0 Å². The molecule has 2 nitrogen and oxygen atoms in total. The molecule has 2 rings (SSSR count). The van der Waals surface area contributed by atoms with Crippen LogP contribution < -0.4 is 0 Å². The van der Waals surface area contributed by atoms with Crippen LogP contribution in [0, 0.1) is 6.92 Å². The Hall–Kier alpha value is -0.700. The first-order valence-corrected chi connectivity index (χ1v) is 4.94. The lowest BCUT2D eigenvalue weighted by atomic mass is 10.2. The van der Waals surface area contributed by atoms with Crippen molar-refractivity contribution in [2.45, 2.75) is 18.2 Å². The Balaban J connectivity index is 2.68. The van der Waals surface area contributed by atoms with Crippen LogP contribution >= 0.6 is 0 Å². The molecule has 1 atom stereocenters. The second-order valence-corrected chi connectivity index (χ2v) is 4.21. The summed E-state index contributed by atoms with van der Waals surface area (Å²) in [6.45, 7) is 1.99. The Kier molecular flexibility index (Phi) is 1.53. The van der Waals surface area contributed by atoms with Crippen LogP contribution in [0.25, 0.3) is 0 Å². The fraction of sp³-hybridized carbons (Fsp3) is 0.375. The van der Waals surface area contributed by atoms with Crippen molar-refractivity contribution in [3.05, 3.63) is 23.5 Å². The first kappa shape index (κ1) is 6.98. The van der Waals surface area contributed by atoms with E-state index >= 15 is 0 Å². The average molecular weight is 167 g/mol. The standard InChI is InChI=1S/C8H9NOS/c1-6-2-4-9-7-3-5-11(10)8(6)7/h2,4H,3,5H2,1H3. The van der Waals surface area contributed by atoms with E-state index < -0.39 is 10.8 Å². The fourth-order valence-electron chi connectivity index (χ4n) is 1.38. The molecule has 0 saturated heterocycles. The molecular formula is C8H9NOS. The SMILES string of the molecule is Cc1ccnc2c1S(=O)CC2. The van der Waals surface area contributed by atoms with E-state index in [1.165, 1.54) is 0 Å². The maximum Gasteiger partial charge on any atom is 0.0633 e. The van der Waals surface area contributed by atoms with Gasteiger partial charge in [0.15, 0.2) is 0 Å². The molecule has 0 fully saturated rings. The Morgan fingerprint density at radius 1 is 1.64 bits per heavy atom. The van der Waals surface area contributed by atoms with E-state index in [2.05, 4.69) is 4.98 Å². The Labute approximate surface area is 68.1 Å². The molecule has 1 aromatic heterocycles. The molecule has 1 aliphatic rings. The van der Waals surface area contributed by atoms with E-state index in [9.17, 15) is 4.21 Å². The summed E-state index contributed by atoms with van der Waals surface area (Å²) in [4.78, 5) is 5.16. The second-order valence-electron chi connectivity index (χ2n) is 2.70. The summed E-state index contributed by atoms with van der Waals surface area (Å²) in [6, 6.07) is 1.92. The van der Waals surface area contributed by atoms with Crippen LogP contribution in [0.15, 0.2) is 17.2 Å². The number of rotatable bonds is 0. The molecule has 0 aromatic carbocycles. The van der Waals surface area contributed by atoms with Gasteiger partial charge in [-0.05, 0) is 18.6 Å². The molecule has 0 spiro atoms. The lowest BCUT2D eigenvalue weighted by Crippen LogP contribution is -1.91. The molecule has 0 N–H and O–H groups in total. The van der Waals surface area contributed by atoms with Gasteiger partial charge in [-0.25, -0.2) is 0 Å². The molecule has 1 aliphatic heterocycles. The number of pyridine rings is 1. The number of hydrogen-bond acceptors (Lipinski definition) is 2. The summed E-state index contributed by atoms with van der Waals surface area (Å²) in [5.41, 5.74) is 2.15. The maximum absolute atomic E-state index is 11.4. The number of aromatic nitrogens is 1.